The van der Waals surface area contributed by atoms with Gasteiger partial charge in [-0.3, -0.25) is 0 Å². The van der Waals surface area contributed by atoms with Crippen molar-refractivity contribution >= 4 is 0 Å². The lowest BCUT2D eigenvalue weighted by atomic mass is 9.99. The molecule has 0 aromatic heterocycles. The molecule has 1 unspecified atom stereocenters. The minimum Gasteiger partial charge on any atom is -0.392 e. The minimum atomic E-state index is -0.449. The van der Waals surface area contributed by atoms with Gasteiger partial charge in [-0.15, -0.1) is 12.3 Å². The van der Waals surface area contributed by atoms with Crippen LogP contribution in [0.2, 0.25) is 0 Å². The van der Waals surface area contributed by atoms with Gasteiger partial charge in [-0.05, 0) is 13.8 Å². The van der Waals surface area contributed by atoms with E-state index in [-0.39, 0.29) is 5.60 Å². The summed E-state index contributed by atoms with van der Waals surface area (Å²) in [6, 6.07) is 0. The molecular weight excluding hydrogens is 140 g/mol. The van der Waals surface area contributed by atoms with Crippen LogP contribution in [0.25, 0.3) is 0 Å². The normalized spacial score (nSPS) is 14.1. The van der Waals surface area contributed by atoms with Crippen LogP contribution in [-0.2, 0) is 4.74 Å². The highest BCUT2D eigenvalue weighted by molar-refractivity contribution is 4.88. The first kappa shape index (κ1) is 10.5. The fourth-order valence-electron chi connectivity index (χ4n) is 0.859. The van der Waals surface area contributed by atoms with Crippen molar-refractivity contribution in [1.82, 2.24) is 0 Å². The van der Waals surface area contributed by atoms with Gasteiger partial charge in [0.05, 0.1) is 11.7 Å². The van der Waals surface area contributed by atoms with Gasteiger partial charge in [0.15, 0.2) is 0 Å². The van der Waals surface area contributed by atoms with Crippen molar-refractivity contribution in [3.05, 3.63) is 0 Å². The number of hydrogen-bond acceptors (Lipinski definition) is 2. The number of rotatable bonds is 4. The molecule has 0 aromatic carbocycles. The summed E-state index contributed by atoms with van der Waals surface area (Å²) in [5, 5.41) is 9.29. The Morgan fingerprint density at radius 3 is 2.55 bits per heavy atom. The van der Waals surface area contributed by atoms with Crippen molar-refractivity contribution in [2.45, 2.75) is 38.4 Å². The Kier molecular flexibility index (Phi) is 4.17. The summed E-state index contributed by atoms with van der Waals surface area (Å²) >= 11 is 0. The standard InChI is InChI=1S/C9H16O2/c1-5-6-8(10)7-9(2,3)11-4/h1,8,10H,6-7H2,2-4H3. The lowest BCUT2D eigenvalue weighted by Crippen LogP contribution is -2.28. The number of aliphatic hydroxyl groups is 1. The van der Waals surface area contributed by atoms with Gasteiger partial charge in [-0.2, -0.15) is 0 Å². The summed E-state index contributed by atoms with van der Waals surface area (Å²) in [6.07, 6.45) is 5.56. The monoisotopic (exact) mass is 156 g/mol. The Bertz CT molecular complexity index is 144. The van der Waals surface area contributed by atoms with Crippen LogP contribution in [0.3, 0.4) is 0 Å². The molecule has 0 aliphatic rings. The van der Waals surface area contributed by atoms with E-state index >= 15 is 0 Å². The van der Waals surface area contributed by atoms with Gasteiger partial charge in [-0.1, -0.05) is 0 Å². The zero-order valence-corrected chi connectivity index (χ0v) is 7.42. The van der Waals surface area contributed by atoms with E-state index in [0.717, 1.165) is 0 Å². The first-order chi connectivity index (χ1) is 5.02. The molecule has 0 aliphatic carbocycles. The van der Waals surface area contributed by atoms with E-state index in [1.807, 2.05) is 13.8 Å². The van der Waals surface area contributed by atoms with Crippen LogP contribution in [0, 0.1) is 12.3 Å². The highest BCUT2D eigenvalue weighted by Crippen LogP contribution is 2.16. The topological polar surface area (TPSA) is 29.5 Å². The van der Waals surface area contributed by atoms with E-state index in [0.29, 0.717) is 12.8 Å². The summed E-state index contributed by atoms with van der Waals surface area (Å²) in [5.74, 6) is 2.41. The Balaban J connectivity index is 3.75. The third kappa shape index (κ3) is 4.83. The van der Waals surface area contributed by atoms with Crippen molar-refractivity contribution in [1.29, 1.82) is 0 Å². The third-order valence-electron chi connectivity index (χ3n) is 1.63. The largest absolute Gasteiger partial charge is 0.392 e. The van der Waals surface area contributed by atoms with Crippen molar-refractivity contribution < 1.29 is 9.84 Å². The van der Waals surface area contributed by atoms with E-state index in [4.69, 9.17) is 11.2 Å². The van der Waals surface area contributed by atoms with Crippen LogP contribution < -0.4 is 0 Å². The summed E-state index contributed by atoms with van der Waals surface area (Å²) in [5.41, 5.74) is -0.281. The second kappa shape index (κ2) is 4.38. The molecule has 0 bridgehead atoms. The smallest absolute Gasteiger partial charge is 0.0676 e. The summed E-state index contributed by atoms with van der Waals surface area (Å²) in [7, 11) is 1.63. The molecule has 0 spiro atoms. The molecule has 0 radical (unpaired) electrons. The summed E-state index contributed by atoms with van der Waals surface area (Å²) in [6.45, 7) is 3.85. The maximum Gasteiger partial charge on any atom is 0.0676 e. The molecule has 0 heterocycles. The molecule has 0 amide bonds. The van der Waals surface area contributed by atoms with Gasteiger partial charge in [0.25, 0.3) is 0 Å². The number of ether oxygens (including phenoxy) is 1. The first-order valence-electron chi connectivity index (χ1n) is 3.68. The fourth-order valence-corrected chi connectivity index (χ4v) is 0.859. The fraction of sp³-hybridized carbons (Fsp3) is 0.778. The number of terminal acetylenes is 1. The number of aliphatic hydroxyl groups excluding tert-OH is 1. The predicted octanol–water partition coefficient (Wildman–Crippen LogP) is 1.19. The highest BCUT2D eigenvalue weighted by atomic mass is 16.5. The van der Waals surface area contributed by atoms with Gasteiger partial charge >= 0.3 is 0 Å². The quantitative estimate of drug-likeness (QED) is 0.619. The Morgan fingerprint density at radius 1 is 1.64 bits per heavy atom. The van der Waals surface area contributed by atoms with E-state index in [1.165, 1.54) is 0 Å². The SMILES string of the molecule is C#CCC(O)CC(C)(C)OC. The zero-order valence-electron chi connectivity index (χ0n) is 7.42. The molecule has 0 saturated carbocycles. The average Bonchev–Trinajstić information content (AvgIpc) is 1.87. The zero-order chi connectivity index (χ0) is 8.91. The maximum atomic E-state index is 9.29. The number of hydrogen-bond donors (Lipinski definition) is 1. The highest BCUT2D eigenvalue weighted by Gasteiger charge is 2.20. The van der Waals surface area contributed by atoms with Gasteiger partial charge in [0.1, 0.15) is 0 Å². The lowest BCUT2D eigenvalue weighted by molar-refractivity contribution is -0.0180. The van der Waals surface area contributed by atoms with Gasteiger partial charge in [0.2, 0.25) is 0 Å². The van der Waals surface area contributed by atoms with Crippen LogP contribution >= 0.6 is 0 Å². The second-order valence-corrected chi connectivity index (χ2v) is 3.23. The molecule has 0 saturated heterocycles. The molecular formula is C9H16O2. The molecule has 0 rings (SSSR count). The minimum absolute atomic E-state index is 0.281. The van der Waals surface area contributed by atoms with Crippen LogP contribution in [-0.4, -0.2) is 23.9 Å². The van der Waals surface area contributed by atoms with Crippen molar-refractivity contribution in [3.8, 4) is 12.3 Å². The first-order valence-corrected chi connectivity index (χ1v) is 3.68. The van der Waals surface area contributed by atoms with Crippen LogP contribution in [0.15, 0.2) is 0 Å². The molecule has 0 aliphatic heterocycles. The molecule has 2 heteroatoms. The predicted molar refractivity (Wildman–Crippen MR) is 45.2 cm³/mol. The Morgan fingerprint density at radius 2 is 2.18 bits per heavy atom. The second-order valence-electron chi connectivity index (χ2n) is 3.23. The Hall–Kier alpha value is -0.520. The molecule has 11 heavy (non-hydrogen) atoms. The van der Waals surface area contributed by atoms with Gasteiger partial charge in [-0.25, -0.2) is 0 Å². The van der Waals surface area contributed by atoms with Crippen LogP contribution in [0.1, 0.15) is 26.7 Å². The van der Waals surface area contributed by atoms with Crippen LogP contribution in [0.4, 0.5) is 0 Å². The molecule has 2 nitrogen and oxygen atoms in total. The molecule has 64 valence electrons. The molecule has 0 fully saturated rings. The summed E-state index contributed by atoms with van der Waals surface area (Å²) < 4.78 is 5.13. The van der Waals surface area contributed by atoms with Crippen molar-refractivity contribution in [3.63, 3.8) is 0 Å². The van der Waals surface area contributed by atoms with E-state index in [1.54, 1.807) is 7.11 Å². The maximum absolute atomic E-state index is 9.29. The van der Waals surface area contributed by atoms with Gasteiger partial charge < -0.3 is 9.84 Å². The van der Waals surface area contributed by atoms with E-state index < -0.39 is 6.10 Å². The lowest BCUT2D eigenvalue weighted by Gasteiger charge is -2.24. The van der Waals surface area contributed by atoms with E-state index in [2.05, 4.69) is 5.92 Å². The molecule has 1 atom stereocenters. The Labute approximate surface area is 68.6 Å². The molecule has 0 aromatic rings. The number of methoxy groups -OCH3 is 1. The van der Waals surface area contributed by atoms with E-state index in [9.17, 15) is 5.11 Å². The van der Waals surface area contributed by atoms with Crippen molar-refractivity contribution in [2.24, 2.45) is 0 Å². The molecule has 1 N–H and O–H groups in total. The summed E-state index contributed by atoms with van der Waals surface area (Å²) in [4.78, 5) is 0. The van der Waals surface area contributed by atoms with Gasteiger partial charge in [0, 0.05) is 20.0 Å². The van der Waals surface area contributed by atoms with Crippen LogP contribution in [0.5, 0.6) is 0 Å². The third-order valence-corrected chi connectivity index (χ3v) is 1.63. The van der Waals surface area contributed by atoms with Crippen molar-refractivity contribution in [2.75, 3.05) is 7.11 Å². The average molecular weight is 156 g/mol.